The summed E-state index contributed by atoms with van der Waals surface area (Å²) in [6.07, 6.45) is 0. The van der Waals surface area contributed by atoms with Gasteiger partial charge in [0.1, 0.15) is 6.54 Å². The number of halogens is 2. The largest absolute Gasteiger partial charge is 0.343 e. The first-order valence-corrected chi connectivity index (χ1v) is 4.75. The summed E-state index contributed by atoms with van der Waals surface area (Å²) in [5.74, 6) is 0. The number of hydrogen-bond acceptors (Lipinski definition) is 0. The van der Waals surface area contributed by atoms with Crippen LogP contribution in [0.25, 0.3) is 0 Å². The van der Waals surface area contributed by atoms with Gasteiger partial charge in [-0.15, -0.1) is 0 Å². The van der Waals surface area contributed by atoms with Crippen LogP contribution in [0.4, 0.5) is 0 Å². The summed E-state index contributed by atoms with van der Waals surface area (Å²) in [6, 6.07) is 5.62. The van der Waals surface area contributed by atoms with E-state index in [0.717, 1.165) is 23.7 Å². The summed E-state index contributed by atoms with van der Waals surface area (Å²) in [7, 11) is 0. The third-order valence-electron chi connectivity index (χ3n) is 1.67. The summed E-state index contributed by atoms with van der Waals surface area (Å²) in [5, 5.41) is 3.64. The zero-order chi connectivity index (χ0) is 8.97. The monoisotopic (exact) mass is 204 g/mol. The van der Waals surface area contributed by atoms with Gasteiger partial charge in [-0.05, 0) is 19.1 Å². The van der Waals surface area contributed by atoms with E-state index in [1.807, 2.05) is 12.1 Å². The van der Waals surface area contributed by atoms with Crippen LogP contribution in [0.1, 0.15) is 12.5 Å². The molecule has 12 heavy (non-hydrogen) atoms. The third-order valence-corrected chi connectivity index (χ3v) is 2.25. The van der Waals surface area contributed by atoms with Crippen molar-refractivity contribution < 1.29 is 5.32 Å². The molecule has 0 aliphatic carbocycles. The van der Waals surface area contributed by atoms with Crippen LogP contribution < -0.4 is 5.32 Å². The molecule has 0 amide bonds. The maximum Gasteiger partial charge on any atom is 0.103 e. The molecule has 0 aromatic heterocycles. The van der Waals surface area contributed by atoms with Crippen molar-refractivity contribution in [2.75, 3.05) is 6.54 Å². The van der Waals surface area contributed by atoms with Gasteiger partial charge < -0.3 is 5.32 Å². The average molecular weight is 205 g/mol. The van der Waals surface area contributed by atoms with Gasteiger partial charge in [0, 0.05) is 10.6 Å². The number of rotatable bonds is 3. The molecule has 1 aromatic carbocycles. The van der Waals surface area contributed by atoms with Gasteiger partial charge in [-0.3, -0.25) is 0 Å². The smallest absolute Gasteiger partial charge is 0.103 e. The van der Waals surface area contributed by atoms with Crippen molar-refractivity contribution in [2.24, 2.45) is 0 Å². The van der Waals surface area contributed by atoms with E-state index in [1.54, 1.807) is 6.07 Å². The third kappa shape index (κ3) is 2.67. The minimum Gasteiger partial charge on any atom is -0.343 e. The standard InChI is InChI=1S/C9H11Cl2N/c1-2-12-6-7-3-4-8(10)5-9(7)11/h3-5,12H,2,6H2,1H3/p+1. The first-order chi connectivity index (χ1) is 5.74. The lowest BCUT2D eigenvalue weighted by Gasteiger charge is -2.01. The SMILES string of the molecule is CC[NH2+]Cc1ccc(Cl)cc1Cl. The van der Waals surface area contributed by atoms with Crippen LogP contribution in [-0.2, 0) is 6.54 Å². The first kappa shape index (κ1) is 9.85. The molecule has 0 spiro atoms. The van der Waals surface area contributed by atoms with Crippen LogP contribution in [-0.4, -0.2) is 6.54 Å². The fourth-order valence-corrected chi connectivity index (χ4v) is 1.47. The molecule has 0 atom stereocenters. The van der Waals surface area contributed by atoms with Crippen LogP contribution in [0.2, 0.25) is 10.0 Å². The van der Waals surface area contributed by atoms with Crippen molar-refractivity contribution in [3.8, 4) is 0 Å². The number of hydrogen-bond donors (Lipinski definition) is 1. The molecule has 0 aliphatic rings. The van der Waals surface area contributed by atoms with Gasteiger partial charge in [0.25, 0.3) is 0 Å². The lowest BCUT2D eigenvalue weighted by molar-refractivity contribution is -0.667. The molecule has 1 nitrogen and oxygen atoms in total. The molecule has 0 saturated carbocycles. The van der Waals surface area contributed by atoms with E-state index in [1.165, 1.54) is 0 Å². The van der Waals surface area contributed by atoms with Gasteiger partial charge in [-0.1, -0.05) is 29.3 Å². The van der Waals surface area contributed by atoms with E-state index < -0.39 is 0 Å². The van der Waals surface area contributed by atoms with Crippen LogP contribution in [0.15, 0.2) is 18.2 Å². The predicted octanol–water partition coefficient (Wildman–Crippen LogP) is 2.08. The Hall–Kier alpha value is -0.240. The molecule has 3 heteroatoms. The minimum absolute atomic E-state index is 0.695. The van der Waals surface area contributed by atoms with Gasteiger partial charge in [0.15, 0.2) is 0 Å². The molecular formula is C9H12Cl2N+. The highest BCUT2D eigenvalue weighted by Gasteiger charge is 2.01. The van der Waals surface area contributed by atoms with E-state index >= 15 is 0 Å². The molecule has 1 aromatic rings. The summed E-state index contributed by atoms with van der Waals surface area (Å²) >= 11 is 11.7. The normalized spacial score (nSPS) is 10.2. The van der Waals surface area contributed by atoms with E-state index in [9.17, 15) is 0 Å². The van der Waals surface area contributed by atoms with Crippen LogP contribution in [0, 0.1) is 0 Å². The topological polar surface area (TPSA) is 16.6 Å². The number of quaternary nitrogens is 1. The lowest BCUT2D eigenvalue weighted by atomic mass is 10.2. The highest BCUT2D eigenvalue weighted by Crippen LogP contribution is 2.19. The zero-order valence-electron chi connectivity index (χ0n) is 6.98. The van der Waals surface area contributed by atoms with Crippen molar-refractivity contribution >= 4 is 23.2 Å². The molecule has 66 valence electrons. The number of nitrogens with two attached hydrogens (primary N) is 1. The molecule has 0 aliphatic heterocycles. The average Bonchev–Trinajstić information content (AvgIpc) is 2.03. The van der Waals surface area contributed by atoms with Crippen molar-refractivity contribution in [3.05, 3.63) is 33.8 Å². The molecule has 0 fully saturated rings. The summed E-state index contributed by atoms with van der Waals surface area (Å²) < 4.78 is 0. The quantitative estimate of drug-likeness (QED) is 0.777. The Morgan fingerprint density at radius 2 is 2.08 bits per heavy atom. The highest BCUT2D eigenvalue weighted by molar-refractivity contribution is 6.35. The van der Waals surface area contributed by atoms with E-state index in [2.05, 4.69) is 12.2 Å². The Balaban J connectivity index is 2.72. The second-order valence-corrected chi connectivity index (χ2v) is 3.48. The van der Waals surface area contributed by atoms with E-state index in [-0.39, 0.29) is 0 Å². The lowest BCUT2D eigenvalue weighted by Crippen LogP contribution is -2.81. The fraction of sp³-hybridized carbons (Fsp3) is 0.333. The zero-order valence-corrected chi connectivity index (χ0v) is 8.49. The molecular weight excluding hydrogens is 193 g/mol. The summed E-state index contributed by atoms with van der Waals surface area (Å²) in [6.45, 7) is 4.11. The highest BCUT2D eigenvalue weighted by atomic mass is 35.5. The Morgan fingerprint density at radius 3 is 2.67 bits per heavy atom. The van der Waals surface area contributed by atoms with E-state index in [4.69, 9.17) is 23.2 Å². The van der Waals surface area contributed by atoms with Crippen LogP contribution in [0.3, 0.4) is 0 Å². The summed E-state index contributed by atoms with van der Waals surface area (Å²) in [5.41, 5.74) is 1.14. The maximum absolute atomic E-state index is 5.96. The van der Waals surface area contributed by atoms with Crippen LogP contribution >= 0.6 is 23.2 Å². The Labute approximate surface area is 82.7 Å². The molecule has 1 rings (SSSR count). The van der Waals surface area contributed by atoms with Crippen molar-refractivity contribution in [1.82, 2.24) is 0 Å². The maximum atomic E-state index is 5.96. The molecule has 0 unspecified atom stereocenters. The Morgan fingerprint density at radius 1 is 1.33 bits per heavy atom. The minimum atomic E-state index is 0.695. The van der Waals surface area contributed by atoms with Crippen molar-refractivity contribution in [2.45, 2.75) is 13.5 Å². The van der Waals surface area contributed by atoms with Crippen LogP contribution in [0.5, 0.6) is 0 Å². The Kier molecular flexibility index (Phi) is 3.86. The fourth-order valence-electron chi connectivity index (χ4n) is 0.987. The van der Waals surface area contributed by atoms with Crippen molar-refractivity contribution in [3.63, 3.8) is 0 Å². The predicted molar refractivity (Wildman–Crippen MR) is 52.6 cm³/mol. The van der Waals surface area contributed by atoms with Gasteiger partial charge >= 0.3 is 0 Å². The first-order valence-electron chi connectivity index (χ1n) is 3.99. The molecule has 0 heterocycles. The molecule has 0 bridgehead atoms. The van der Waals surface area contributed by atoms with E-state index in [0.29, 0.717) is 5.02 Å². The van der Waals surface area contributed by atoms with Gasteiger partial charge in [-0.25, -0.2) is 0 Å². The second-order valence-electron chi connectivity index (χ2n) is 2.64. The van der Waals surface area contributed by atoms with Gasteiger partial charge in [-0.2, -0.15) is 0 Å². The van der Waals surface area contributed by atoms with Gasteiger partial charge in [0.05, 0.1) is 11.6 Å². The summed E-state index contributed by atoms with van der Waals surface area (Å²) in [4.78, 5) is 0. The Bertz CT molecular complexity index is 261. The number of benzene rings is 1. The molecule has 2 N–H and O–H groups in total. The van der Waals surface area contributed by atoms with Crippen molar-refractivity contribution in [1.29, 1.82) is 0 Å². The van der Waals surface area contributed by atoms with Gasteiger partial charge in [0.2, 0.25) is 0 Å². The second kappa shape index (κ2) is 4.70. The molecule has 0 saturated heterocycles. The molecule has 0 radical (unpaired) electrons.